The van der Waals surface area contributed by atoms with Crippen LogP contribution in [-0.2, 0) is 25.5 Å². The van der Waals surface area contributed by atoms with Crippen molar-refractivity contribution in [2.24, 2.45) is 52.8 Å². The maximum absolute atomic E-state index is 12.5. The Morgan fingerprint density at radius 1 is 0.467 bits per heavy atom. The topological polar surface area (TPSA) is 83.8 Å². The van der Waals surface area contributed by atoms with Crippen molar-refractivity contribution in [3.05, 3.63) is 290 Å². The number of halogens is 8. The first kappa shape index (κ1) is 88.0. The largest absolute Gasteiger partial charge is 0.456 e. The molecule has 0 heterocycles. The van der Waals surface area contributed by atoms with Crippen LogP contribution >= 0.6 is 131 Å². The summed E-state index contributed by atoms with van der Waals surface area (Å²) in [7, 11) is 0. The molecule has 0 aliphatic heterocycles. The predicted molar refractivity (Wildman–Crippen MR) is 483 cm³/mol. The SMILES string of the molecule is C.C.C.C=CC(=O)Cl.C=CC(=O)OC1(C)CC2c3c(-c4ccc(Br)cc4)ccc(-c4ccc(Br)cc4)c3C1CC2C(C)C.CC(C)C1CC2c3c(-c4ccc(Br)cc4)ccc(-c4ccc(Br)cc4)c3C1CC2(C)C.CC1=CC2C3=C(C1CC2C(C)C)C(O)(c1ccc(Br)cc1)C=CC3(O)c1ccc(Br)cc1.I. The zero-order valence-corrected chi connectivity index (χ0v) is 73.2. The van der Waals surface area contributed by atoms with Crippen LogP contribution in [0.3, 0.4) is 0 Å². The molecule has 0 spiro atoms. The van der Waals surface area contributed by atoms with Gasteiger partial charge in [0.2, 0.25) is 5.24 Å². The van der Waals surface area contributed by atoms with E-state index in [1.54, 1.807) is 11.1 Å². The van der Waals surface area contributed by atoms with Crippen molar-refractivity contribution in [1.29, 1.82) is 0 Å². The van der Waals surface area contributed by atoms with Gasteiger partial charge in [0.1, 0.15) is 16.8 Å². The molecular weight excluding hydrogens is 1850 g/mol. The summed E-state index contributed by atoms with van der Waals surface area (Å²) in [5.41, 5.74) is 18.8. The third-order valence-corrected chi connectivity index (χ3v) is 27.2. The molecule has 0 radical (unpaired) electrons. The maximum atomic E-state index is 12.5. The van der Waals surface area contributed by atoms with Crippen LogP contribution in [-0.4, -0.2) is 27.0 Å². The number of carbonyl (C=O) groups excluding carboxylic acids is 2. The van der Waals surface area contributed by atoms with Crippen molar-refractivity contribution >= 4 is 142 Å². The van der Waals surface area contributed by atoms with Crippen molar-refractivity contribution in [3.63, 3.8) is 0 Å². The second kappa shape index (κ2) is 35.6. The van der Waals surface area contributed by atoms with Gasteiger partial charge < -0.3 is 14.9 Å². The zero-order chi connectivity index (χ0) is 73.9. The number of allylic oxidation sites excluding steroid dienone is 3. The normalized spacial score (nSPS) is 25.3. The number of hydrogen-bond donors (Lipinski definition) is 2. The Labute approximate surface area is 711 Å². The lowest BCUT2D eigenvalue weighted by Gasteiger charge is -2.55. The molecular formula is C94H104Br6ClIO5. The van der Waals surface area contributed by atoms with E-state index in [2.05, 4.69) is 305 Å². The van der Waals surface area contributed by atoms with Crippen LogP contribution in [0.25, 0.3) is 44.5 Å². The highest BCUT2D eigenvalue weighted by Gasteiger charge is 2.58. The second-order valence-corrected chi connectivity index (χ2v) is 37.2. The summed E-state index contributed by atoms with van der Waals surface area (Å²) in [4.78, 5) is 21.9. The first-order valence-electron chi connectivity index (χ1n) is 36.0. The lowest BCUT2D eigenvalue weighted by atomic mass is 9.49. The van der Waals surface area contributed by atoms with Crippen molar-refractivity contribution in [2.75, 3.05) is 0 Å². The van der Waals surface area contributed by atoms with Crippen LogP contribution in [0.1, 0.15) is 181 Å². The smallest absolute Gasteiger partial charge is 0.330 e. The van der Waals surface area contributed by atoms with Gasteiger partial charge in [0.15, 0.2) is 0 Å². The highest BCUT2D eigenvalue weighted by molar-refractivity contribution is 14.0. The molecule has 0 amide bonds. The van der Waals surface area contributed by atoms with E-state index in [1.807, 2.05) is 60.7 Å². The quantitative estimate of drug-likeness (QED) is 0.0419. The van der Waals surface area contributed by atoms with E-state index in [9.17, 15) is 19.8 Å². The molecule has 13 heteroatoms. The zero-order valence-electron chi connectivity index (χ0n) is 60.6. The third-order valence-electron chi connectivity index (χ3n) is 23.9. The number of esters is 1. The van der Waals surface area contributed by atoms with Gasteiger partial charge in [0.05, 0.1) is 0 Å². The van der Waals surface area contributed by atoms with Crippen LogP contribution in [0.5, 0.6) is 0 Å². The number of carbonyl (C=O) groups is 2. The number of hydrogen-bond acceptors (Lipinski definition) is 5. The maximum Gasteiger partial charge on any atom is 0.330 e. The summed E-state index contributed by atoms with van der Waals surface area (Å²) in [6, 6.07) is 60.1. The molecule has 10 aliphatic rings. The molecule has 107 heavy (non-hydrogen) atoms. The van der Waals surface area contributed by atoms with Crippen LogP contribution in [0, 0.1) is 52.8 Å². The Hall–Kier alpha value is -4.58. The van der Waals surface area contributed by atoms with E-state index in [0.29, 0.717) is 52.8 Å². The monoisotopic (exact) mass is 1950 g/mol. The Kier molecular flexibility index (Phi) is 29.3. The second-order valence-electron chi connectivity index (χ2n) is 31.3. The van der Waals surface area contributed by atoms with Crippen LogP contribution in [0.2, 0.25) is 0 Å². The van der Waals surface area contributed by atoms with Gasteiger partial charge in [0.25, 0.3) is 0 Å². The van der Waals surface area contributed by atoms with Gasteiger partial charge in [-0.3, -0.25) is 4.79 Å². The van der Waals surface area contributed by atoms with Gasteiger partial charge in [0, 0.05) is 50.7 Å². The number of aliphatic hydroxyl groups is 2. The molecule has 2 fully saturated rings. The minimum atomic E-state index is -1.24. The van der Waals surface area contributed by atoms with Crippen LogP contribution in [0.15, 0.2) is 257 Å². The molecule has 12 unspecified atom stereocenters. The molecule has 10 aliphatic carbocycles. The van der Waals surface area contributed by atoms with Gasteiger partial charge >= 0.3 is 5.97 Å². The lowest BCUT2D eigenvalue weighted by Crippen LogP contribution is -2.50. The number of ether oxygens (including phenoxy) is 1. The van der Waals surface area contributed by atoms with Crippen LogP contribution < -0.4 is 0 Å². The van der Waals surface area contributed by atoms with Gasteiger partial charge in [-0.25, -0.2) is 4.79 Å². The van der Waals surface area contributed by atoms with Crippen molar-refractivity contribution in [3.8, 4) is 44.5 Å². The summed E-state index contributed by atoms with van der Waals surface area (Å²) < 4.78 is 12.5. The Morgan fingerprint density at radius 3 is 1.13 bits per heavy atom. The van der Waals surface area contributed by atoms with E-state index < -0.39 is 22.0 Å². The molecule has 566 valence electrons. The summed E-state index contributed by atoms with van der Waals surface area (Å²) in [5, 5.41) is 24.0. The van der Waals surface area contributed by atoms with Crippen molar-refractivity contribution < 1.29 is 24.5 Å². The first-order chi connectivity index (χ1) is 48.9. The molecule has 2 N–H and O–H groups in total. The molecule has 6 bridgehead atoms. The first-order valence-corrected chi connectivity index (χ1v) is 41.2. The van der Waals surface area contributed by atoms with Gasteiger partial charge in [-0.2, -0.15) is 0 Å². The molecule has 0 aromatic heterocycles. The molecule has 0 saturated heterocycles. The number of rotatable bonds is 12. The average molecular weight is 1960 g/mol. The molecule has 5 nitrogen and oxygen atoms in total. The van der Waals surface area contributed by atoms with Gasteiger partial charge in [-0.1, -0.05) is 295 Å². The molecule has 18 rings (SSSR count). The predicted octanol–water partition coefficient (Wildman–Crippen LogP) is 29.6. The van der Waals surface area contributed by atoms with E-state index in [0.717, 1.165) is 80.4 Å². The molecule has 2 saturated carbocycles. The fourth-order valence-corrected chi connectivity index (χ4v) is 20.5. The fourth-order valence-electron chi connectivity index (χ4n) is 18.9. The summed E-state index contributed by atoms with van der Waals surface area (Å²) in [5.74, 6) is 5.02. The fraction of sp³-hybridized carbons (Fsp3) is 0.362. The molecule has 8 aromatic carbocycles. The van der Waals surface area contributed by atoms with Crippen molar-refractivity contribution in [1.82, 2.24) is 0 Å². The molecule has 8 aromatic rings. The summed E-state index contributed by atoms with van der Waals surface area (Å²) in [6.45, 7) is 30.1. The van der Waals surface area contributed by atoms with Gasteiger partial charge in [-0.05, 0) is 296 Å². The highest BCUT2D eigenvalue weighted by atomic mass is 127. The number of fused-ring (bicyclic) bond motifs is 5. The molecule has 12 atom stereocenters. The summed E-state index contributed by atoms with van der Waals surface area (Å²) >= 11 is 26.1. The van der Waals surface area contributed by atoms with Crippen molar-refractivity contribution in [2.45, 2.75) is 164 Å². The minimum Gasteiger partial charge on any atom is -0.456 e. The van der Waals surface area contributed by atoms with Crippen LogP contribution in [0.4, 0.5) is 0 Å². The highest BCUT2D eigenvalue weighted by Crippen LogP contribution is 2.67. The lowest BCUT2D eigenvalue weighted by molar-refractivity contribution is -0.161. The Bertz CT molecular complexity index is 4620. The number of benzene rings is 8. The third kappa shape index (κ3) is 17.5. The van der Waals surface area contributed by atoms with E-state index in [1.165, 1.54) is 80.1 Å². The van der Waals surface area contributed by atoms with E-state index in [4.69, 9.17) is 16.3 Å². The Balaban J connectivity index is 0.000000193. The van der Waals surface area contributed by atoms with E-state index >= 15 is 0 Å². The van der Waals surface area contributed by atoms with Gasteiger partial charge in [-0.15, -0.1) is 24.0 Å². The standard InChI is InChI=1S/C31H30Br2O2.C29H30Br2.C28H28Br2O2.C3H3ClO.3CH4.HI/c1-5-28(34)35-31(4)17-26-25(18(2)3)16-27(31)30-24(20-8-12-22(33)13-9-20)15-14-23(29(26)30)19-6-10-21(32)11-7-19;1-17(2)24-15-26-28-23(19-7-11-21(31)12-8-19)14-13-22(18-5-9-20(30)10-6-18)27(28)25(24)16-29(26,3)4;1-16(2)22-15-23-17(3)14-24(22)26-25(23)27(31,18-4-8-20(29)9-5-18)12-13-28(26,32)19-6-10-21(30)11-7-19;1-2-3(4)5;;;;/h5-15,18,25-27H,1,16-17H2,2-4H3;5-14,17,24-26H,15-16H2,1-4H3;4-14,16,22-24,31-32H,15H2,1-3H3;2H,1H2;3*1H4;1H. The van der Waals surface area contributed by atoms with E-state index in [-0.39, 0.29) is 70.0 Å². The minimum absolute atomic E-state index is 0. The summed E-state index contributed by atoms with van der Waals surface area (Å²) in [6.07, 6.45) is 13.8. The average Bonchev–Trinajstić information content (AvgIpc) is 0.710. The Morgan fingerprint density at radius 2 is 0.785 bits per heavy atom.